The molecule has 1 aromatic rings. The predicted octanol–water partition coefficient (Wildman–Crippen LogP) is 2.71. The van der Waals surface area contributed by atoms with Crippen LogP contribution in [0.4, 0.5) is 18.9 Å². The first-order valence-electron chi connectivity index (χ1n) is 6.44. The van der Waals surface area contributed by atoms with Crippen LogP contribution in [-0.2, 0) is 10.2 Å². The lowest BCUT2D eigenvalue weighted by molar-refractivity contribution is -0.186. The highest BCUT2D eigenvalue weighted by Gasteiger charge is 2.44. The maximum Gasteiger partial charge on any atom is 0.471 e. The molecule has 1 amide bonds. The minimum absolute atomic E-state index is 0.124. The topological polar surface area (TPSA) is 46.3 Å². The van der Waals surface area contributed by atoms with E-state index >= 15 is 0 Å². The molecule has 2 N–H and O–H groups in total. The summed E-state index contributed by atoms with van der Waals surface area (Å²) in [4.78, 5) is 12.1. The second-order valence-electron chi connectivity index (χ2n) is 5.47. The van der Waals surface area contributed by atoms with E-state index in [4.69, 9.17) is 5.73 Å². The Morgan fingerprint density at radius 2 is 1.70 bits per heavy atom. The third kappa shape index (κ3) is 2.89. The number of nitrogen functional groups attached to an aromatic ring is 1. The highest BCUT2D eigenvalue weighted by molar-refractivity contribution is 5.82. The van der Waals surface area contributed by atoms with Crippen LogP contribution in [0.1, 0.15) is 25.3 Å². The number of nitrogens with zero attached hydrogens (tertiary/aromatic N) is 1. The van der Waals surface area contributed by atoms with Gasteiger partial charge in [-0.15, -0.1) is 0 Å². The molecule has 1 aliphatic rings. The number of amides is 1. The van der Waals surface area contributed by atoms with Crippen molar-refractivity contribution in [2.75, 3.05) is 18.8 Å². The second-order valence-corrected chi connectivity index (χ2v) is 5.47. The summed E-state index contributed by atoms with van der Waals surface area (Å²) in [6, 6.07) is 7.37. The summed E-state index contributed by atoms with van der Waals surface area (Å²) in [6.45, 7) is 2.26. The van der Waals surface area contributed by atoms with E-state index in [1.54, 1.807) is 12.1 Å². The molecule has 6 heteroatoms. The molecular formula is C14H17F3N2O. The summed E-state index contributed by atoms with van der Waals surface area (Å²) < 4.78 is 37.2. The van der Waals surface area contributed by atoms with Gasteiger partial charge in [-0.3, -0.25) is 4.79 Å². The number of halogens is 3. The zero-order valence-corrected chi connectivity index (χ0v) is 11.2. The molecule has 3 nitrogen and oxygen atoms in total. The maximum absolute atomic E-state index is 12.4. The summed E-state index contributed by atoms with van der Waals surface area (Å²) in [5.74, 6) is -1.74. The molecule has 0 atom stereocenters. The molecule has 1 saturated heterocycles. The fraction of sp³-hybridized carbons (Fsp3) is 0.500. The molecule has 0 bridgehead atoms. The Labute approximate surface area is 115 Å². The lowest BCUT2D eigenvalue weighted by Gasteiger charge is -2.40. The van der Waals surface area contributed by atoms with Crippen molar-refractivity contribution in [1.82, 2.24) is 4.90 Å². The van der Waals surface area contributed by atoms with Crippen LogP contribution in [0.2, 0.25) is 0 Å². The third-order valence-electron chi connectivity index (χ3n) is 4.00. The van der Waals surface area contributed by atoms with Crippen molar-refractivity contribution in [3.63, 3.8) is 0 Å². The summed E-state index contributed by atoms with van der Waals surface area (Å²) in [6.07, 6.45) is -3.76. The molecule has 0 radical (unpaired) electrons. The van der Waals surface area contributed by atoms with Gasteiger partial charge in [-0.1, -0.05) is 19.1 Å². The van der Waals surface area contributed by atoms with Gasteiger partial charge in [-0.2, -0.15) is 13.2 Å². The first-order chi connectivity index (χ1) is 9.22. The molecule has 1 aromatic carbocycles. The number of rotatable bonds is 1. The predicted molar refractivity (Wildman–Crippen MR) is 70.1 cm³/mol. The number of anilines is 1. The van der Waals surface area contributed by atoms with Crippen LogP contribution in [0.25, 0.3) is 0 Å². The van der Waals surface area contributed by atoms with E-state index in [-0.39, 0.29) is 18.5 Å². The lowest BCUT2D eigenvalue weighted by Crippen LogP contribution is -2.48. The Hall–Kier alpha value is -1.72. The molecule has 0 saturated carbocycles. The fourth-order valence-corrected chi connectivity index (χ4v) is 2.56. The minimum atomic E-state index is -4.78. The molecule has 0 aliphatic carbocycles. The van der Waals surface area contributed by atoms with E-state index in [0.29, 0.717) is 18.5 Å². The summed E-state index contributed by atoms with van der Waals surface area (Å²) in [5, 5.41) is 0. The molecule has 0 unspecified atom stereocenters. The van der Waals surface area contributed by atoms with Gasteiger partial charge in [0.2, 0.25) is 0 Å². The van der Waals surface area contributed by atoms with E-state index in [1.807, 2.05) is 19.1 Å². The Bertz CT molecular complexity index is 488. The van der Waals surface area contributed by atoms with Gasteiger partial charge in [0.15, 0.2) is 0 Å². The van der Waals surface area contributed by atoms with Crippen LogP contribution < -0.4 is 5.73 Å². The minimum Gasteiger partial charge on any atom is -0.399 e. The molecule has 1 fully saturated rings. The van der Waals surface area contributed by atoms with E-state index in [1.165, 1.54) is 0 Å². The number of hydrogen-bond donors (Lipinski definition) is 1. The number of carbonyl (C=O) groups excluding carboxylic acids is 1. The standard InChI is InChI=1S/C14H17F3N2O/c1-13(10-2-4-11(18)5-3-10)6-8-19(9-7-13)12(20)14(15,16)17/h2-5H,6-9,18H2,1H3. The quantitative estimate of drug-likeness (QED) is 0.807. The van der Waals surface area contributed by atoms with Crippen molar-refractivity contribution in [3.8, 4) is 0 Å². The molecule has 1 aliphatic heterocycles. The second kappa shape index (κ2) is 5.00. The number of likely N-dealkylation sites (tertiary alicyclic amines) is 1. The zero-order valence-electron chi connectivity index (χ0n) is 11.2. The lowest BCUT2D eigenvalue weighted by atomic mass is 9.74. The van der Waals surface area contributed by atoms with Crippen molar-refractivity contribution in [2.45, 2.75) is 31.4 Å². The van der Waals surface area contributed by atoms with Gasteiger partial charge >= 0.3 is 12.1 Å². The Balaban J connectivity index is 2.07. The van der Waals surface area contributed by atoms with Crippen LogP contribution in [0, 0.1) is 0 Å². The van der Waals surface area contributed by atoms with E-state index < -0.39 is 12.1 Å². The molecular weight excluding hydrogens is 269 g/mol. The largest absolute Gasteiger partial charge is 0.471 e. The molecule has 20 heavy (non-hydrogen) atoms. The van der Waals surface area contributed by atoms with E-state index in [0.717, 1.165) is 10.5 Å². The highest BCUT2D eigenvalue weighted by Crippen LogP contribution is 2.36. The molecule has 110 valence electrons. The average Bonchev–Trinajstić information content (AvgIpc) is 2.38. The van der Waals surface area contributed by atoms with Gasteiger partial charge in [-0.25, -0.2) is 0 Å². The normalized spacial score (nSPS) is 18.9. The smallest absolute Gasteiger partial charge is 0.399 e. The van der Waals surface area contributed by atoms with Gasteiger partial charge in [0.1, 0.15) is 0 Å². The summed E-state index contributed by atoms with van der Waals surface area (Å²) in [5.41, 5.74) is 7.12. The molecule has 0 aromatic heterocycles. The number of carbonyl (C=O) groups is 1. The van der Waals surface area contributed by atoms with Crippen LogP contribution in [0.5, 0.6) is 0 Å². The van der Waals surface area contributed by atoms with Crippen LogP contribution in [0.15, 0.2) is 24.3 Å². The van der Waals surface area contributed by atoms with Crippen molar-refractivity contribution < 1.29 is 18.0 Å². The van der Waals surface area contributed by atoms with Gasteiger partial charge < -0.3 is 10.6 Å². The fourth-order valence-electron chi connectivity index (χ4n) is 2.56. The van der Waals surface area contributed by atoms with Crippen LogP contribution >= 0.6 is 0 Å². The SMILES string of the molecule is CC1(c2ccc(N)cc2)CCN(C(=O)C(F)(F)F)CC1. The van der Waals surface area contributed by atoms with Gasteiger partial charge in [0.05, 0.1) is 0 Å². The molecule has 0 spiro atoms. The number of benzene rings is 1. The van der Waals surface area contributed by atoms with Crippen molar-refractivity contribution in [2.24, 2.45) is 0 Å². The first-order valence-corrected chi connectivity index (χ1v) is 6.44. The zero-order chi connectivity index (χ0) is 15.0. The van der Waals surface area contributed by atoms with Crippen molar-refractivity contribution >= 4 is 11.6 Å². The molecule has 1 heterocycles. The summed E-state index contributed by atoms with van der Waals surface area (Å²) in [7, 11) is 0. The van der Waals surface area contributed by atoms with Gasteiger partial charge in [0, 0.05) is 18.8 Å². The number of nitrogens with two attached hydrogens (primary N) is 1. The first kappa shape index (κ1) is 14.7. The number of hydrogen-bond acceptors (Lipinski definition) is 2. The average molecular weight is 286 g/mol. The Morgan fingerprint density at radius 1 is 1.20 bits per heavy atom. The van der Waals surface area contributed by atoms with Crippen molar-refractivity contribution in [1.29, 1.82) is 0 Å². The third-order valence-corrected chi connectivity index (χ3v) is 4.00. The number of piperidine rings is 1. The van der Waals surface area contributed by atoms with Crippen molar-refractivity contribution in [3.05, 3.63) is 29.8 Å². The Kier molecular flexibility index (Phi) is 3.67. The maximum atomic E-state index is 12.4. The van der Waals surface area contributed by atoms with Gasteiger partial charge in [-0.05, 0) is 36.0 Å². The van der Waals surface area contributed by atoms with Gasteiger partial charge in [0.25, 0.3) is 0 Å². The molecule has 2 rings (SSSR count). The monoisotopic (exact) mass is 286 g/mol. The highest BCUT2D eigenvalue weighted by atomic mass is 19.4. The summed E-state index contributed by atoms with van der Waals surface area (Å²) >= 11 is 0. The number of alkyl halides is 3. The Morgan fingerprint density at radius 3 is 2.15 bits per heavy atom. The van der Waals surface area contributed by atoms with Crippen LogP contribution in [-0.4, -0.2) is 30.1 Å². The van der Waals surface area contributed by atoms with Crippen LogP contribution in [0.3, 0.4) is 0 Å². The van der Waals surface area contributed by atoms with E-state index in [9.17, 15) is 18.0 Å². The van der Waals surface area contributed by atoms with E-state index in [2.05, 4.69) is 0 Å².